The molecule has 2 rings (SSSR count). The minimum Gasteiger partial charge on any atom is -0.329 e. The number of aromatic nitrogens is 1. The van der Waals surface area contributed by atoms with Crippen LogP contribution in [-0.2, 0) is 16.6 Å². The van der Waals surface area contributed by atoms with E-state index in [0.717, 1.165) is 25.0 Å². The summed E-state index contributed by atoms with van der Waals surface area (Å²) in [6.07, 6.45) is 5.08. The predicted octanol–water partition coefficient (Wildman–Crippen LogP) is 0.272. The van der Waals surface area contributed by atoms with Crippen molar-refractivity contribution >= 4 is 10.2 Å². The van der Waals surface area contributed by atoms with Crippen LogP contribution in [0, 0.1) is 0 Å². The topological polar surface area (TPSA) is 88.3 Å². The van der Waals surface area contributed by atoms with Crippen LogP contribution in [-0.4, -0.2) is 43.4 Å². The molecule has 1 atom stereocenters. The molecule has 0 saturated carbocycles. The summed E-state index contributed by atoms with van der Waals surface area (Å²) >= 11 is 0. The molecule has 0 bridgehead atoms. The van der Waals surface area contributed by atoms with Gasteiger partial charge in [0.2, 0.25) is 0 Å². The van der Waals surface area contributed by atoms with E-state index in [2.05, 4.69) is 9.71 Å². The summed E-state index contributed by atoms with van der Waals surface area (Å²) in [4.78, 5) is 4.17. The molecule has 0 radical (unpaired) electrons. The first-order chi connectivity index (χ1) is 9.63. The lowest BCUT2D eigenvalue weighted by Crippen LogP contribution is -2.51. The number of nitrogens with zero attached hydrogens (tertiary/aromatic N) is 2. The minimum absolute atomic E-state index is 0.0731. The summed E-state index contributed by atoms with van der Waals surface area (Å²) in [5, 5.41) is 0. The minimum atomic E-state index is -3.44. The van der Waals surface area contributed by atoms with Crippen molar-refractivity contribution in [3.63, 3.8) is 0 Å². The molecule has 1 fully saturated rings. The maximum Gasteiger partial charge on any atom is 0.279 e. The molecule has 0 aliphatic carbocycles. The fraction of sp³-hybridized carbons (Fsp3) is 0.615. The molecule has 20 heavy (non-hydrogen) atoms. The number of piperidine rings is 1. The van der Waals surface area contributed by atoms with Crippen molar-refractivity contribution in [3.05, 3.63) is 30.1 Å². The molecule has 1 unspecified atom stereocenters. The van der Waals surface area contributed by atoms with Crippen LogP contribution >= 0.6 is 0 Å². The zero-order valence-corrected chi connectivity index (χ0v) is 12.3. The van der Waals surface area contributed by atoms with Crippen LogP contribution in [0.15, 0.2) is 24.4 Å². The summed E-state index contributed by atoms with van der Waals surface area (Å²) in [6, 6.07) is 5.55. The van der Waals surface area contributed by atoms with Crippen LogP contribution in [0.2, 0.25) is 0 Å². The third kappa shape index (κ3) is 3.99. The third-order valence-electron chi connectivity index (χ3n) is 3.55. The smallest absolute Gasteiger partial charge is 0.279 e. The first-order valence-electron chi connectivity index (χ1n) is 7.00. The van der Waals surface area contributed by atoms with Crippen molar-refractivity contribution in [1.82, 2.24) is 14.0 Å². The first-order valence-corrected chi connectivity index (χ1v) is 8.44. The molecule has 3 N–H and O–H groups in total. The zero-order valence-electron chi connectivity index (χ0n) is 11.5. The highest BCUT2D eigenvalue weighted by atomic mass is 32.2. The number of hydrogen-bond donors (Lipinski definition) is 2. The normalized spacial score (nSPS) is 20.9. The molecule has 0 amide bonds. The first kappa shape index (κ1) is 15.4. The van der Waals surface area contributed by atoms with Gasteiger partial charge in [-0.3, -0.25) is 4.98 Å². The molecule has 1 aliphatic heterocycles. The van der Waals surface area contributed by atoms with Crippen LogP contribution in [0.3, 0.4) is 0 Å². The quantitative estimate of drug-likeness (QED) is 0.789. The summed E-state index contributed by atoms with van der Waals surface area (Å²) in [5.41, 5.74) is 6.55. The molecular formula is C13H22N4O2S. The van der Waals surface area contributed by atoms with E-state index in [9.17, 15) is 8.42 Å². The van der Waals surface area contributed by atoms with Crippen LogP contribution in [0.25, 0.3) is 0 Å². The second-order valence-corrected chi connectivity index (χ2v) is 6.67. The van der Waals surface area contributed by atoms with Gasteiger partial charge >= 0.3 is 0 Å². The molecule has 1 aliphatic rings. The molecule has 1 saturated heterocycles. The maximum atomic E-state index is 12.3. The largest absolute Gasteiger partial charge is 0.329 e. The number of hydrogen-bond acceptors (Lipinski definition) is 4. The van der Waals surface area contributed by atoms with Gasteiger partial charge in [0, 0.05) is 44.0 Å². The fourth-order valence-electron chi connectivity index (χ4n) is 2.46. The van der Waals surface area contributed by atoms with Gasteiger partial charge in [-0.1, -0.05) is 12.5 Å². The Kier molecular flexibility index (Phi) is 5.47. The van der Waals surface area contributed by atoms with Crippen LogP contribution in [0.4, 0.5) is 0 Å². The Morgan fingerprint density at radius 2 is 2.25 bits per heavy atom. The summed E-state index contributed by atoms with van der Waals surface area (Å²) < 4.78 is 28.7. The lowest BCUT2D eigenvalue weighted by atomic mass is 10.1. The van der Waals surface area contributed by atoms with E-state index in [1.54, 1.807) is 6.20 Å². The Morgan fingerprint density at radius 1 is 1.40 bits per heavy atom. The van der Waals surface area contributed by atoms with Gasteiger partial charge in [-0.2, -0.15) is 12.7 Å². The Morgan fingerprint density at radius 3 is 2.95 bits per heavy atom. The molecule has 0 spiro atoms. The van der Waals surface area contributed by atoms with Crippen molar-refractivity contribution in [2.45, 2.75) is 31.7 Å². The van der Waals surface area contributed by atoms with E-state index in [4.69, 9.17) is 5.73 Å². The highest BCUT2D eigenvalue weighted by molar-refractivity contribution is 7.87. The van der Waals surface area contributed by atoms with Gasteiger partial charge in [0.05, 0.1) is 0 Å². The monoisotopic (exact) mass is 298 g/mol. The van der Waals surface area contributed by atoms with Gasteiger partial charge in [-0.25, -0.2) is 4.72 Å². The summed E-state index contributed by atoms with van der Waals surface area (Å²) in [6.45, 7) is 1.29. The summed E-state index contributed by atoms with van der Waals surface area (Å²) in [7, 11) is -3.44. The SMILES string of the molecule is NCC1CCCCN1S(=O)(=O)NCCc1ccccn1. The van der Waals surface area contributed by atoms with Crippen molar-refractivity contribution in [1.29, 1.82) is 0 Å². The lowest BCUT2D eigenvalue weighted by Gasteiger charge is -2.33. The van der Waals surface area contributed by atoms with Crippen molar-refractivity contribution in [2.24, 2.45) is 5.73 Å². The van der Waals surface area contributed by atoms with E-state index in [-0.39, 0.29) is 6.04 Å². The highest BCUT2D eigenvalue weighted by Gasteiger charge is 2.30. The molecule has 112 valence electrons. The Hall–Kier alpha value is -1.02. The van der Waals surface area contributed by atoms with Gasteiger partial charge in [0.1, 0.15) is 0 Å². The second kappa shape index (κ2) is 7.12. The van der Waals surface area contributed by atoms with E-state index < -0.39 is 10.2 Å². The number of nitrogens with one attached hydrogen (secondary N) is 1. The van der Waals surface area contributed by atoms with Crippen molar-refractivity contribution in [3.8, 4) is 0 Å². The van der Waals surface area contributed by atoms with E-state index >= 15 is 0 Å². The van der Waals surface area contributed by atoms with Crippen LogP contribution in [0.1, 0.15) is 25.0 Å². The van der Waals surface area contributed by atoms with Gasteiger partial charge in [-0.05, 0) is 25.0 Å². The van der Waals surface area contributed by atoms with E-state index in [1.807, 2.05) is 18.2 Å². The highest BCUT2D eigenvalue weighted by Crippen LogP contribution is 2.18. The third-order valence-corrected chi connectivity index (χ3v) is 5.21. The lowest BCUT2D eigenvalue weighted by molar-refractivity contribution is 0.254. The molecular weight excluding hydrogens is 276 g/mol. The number of rotatable bonds is 6. The average molecular weight is 298 g/mol. The molecule has 2 heterocycles. The van der Waals surface area contributed by atoms with Crippen molar-refractivity contribution in [2.75, 3.05) is 19.6 Å². The number of pyridine rings is 1. The standard InChI is InChI=1S/C13H22N4O2S/c14-11-13-6-2-4-10-17(13)20(18,19)16-9-7-12-5-1-3-8-15-12/h1,3,5,8,13,16H,2,4,6-7,9-11,14H2. The average Bonchev–Trinajstić information content (AvgIpc) is 2.48. The second-order valence-electron chi connectivity index (χ2n) is 4.97. The molecule has 1 aromatic heterocycles. The summed E-state index contributed by atoms with van der Waals surface area (Å²) in [5.74, 6) is 0. The molecule has 1 aromatic rings. The molecule has 6 nitrogen and oxygen atoms in total. The zero-order chi connectivity index (χ0) is 14.4. The predicted molar refractivity (Wildman–Crippen MR) is 78.3 cm³/mol. The van der Waals surface area contributed by atoms with Gasteiger partial charge < -0.3 is 5.73 Å². The Labute approximate surface area is 120 Å². The Bertz CT molecular complexity index is 506. The molecule has 0 aromatic carbocycles. The van der Waals surface area contributed by atoms with E-state index in [1.165, 1.54) is 4.31 Å². The van der Waals surface area contributed by atoms with Gasteiger partial charge in [-0.15, -0.1) is 0 Å². The number of nitrogens with two attached hydrogens (primary N) is 1. The maximum absolute atomic E-state index is 12.3. The van der Waals surface area contributed by atoms with Crippen LogP contribution in [0.5, 0.6) is 0 Å². The van der Waals surface area contributed by atoms with Crippen LogP contribution < -0.4 is 10.5 Å². The van der Waals surface area contributed by atoms with Crippen molar-refractivity contribution < 1.29 is 8.42 Å². The Balaban J connectivity index is 1.90. The fourth-order valence-corrected chi connectivity index (χ4v) is 3.94. The van der Waals surface area contributed by atoms with E-state index in [0.29, 0.717) is 26.1 Å². The molecule has 7 heteroatoms. The van der Waals surface area contributed by atoms with Gasteiger partial charge in [0.15, 0.2) is 0 Å². The van der Waals surface area contributed by atoms with Gasteiger partial charge in [0.25, 0.3) is 10.2 Å².